The molecule has 1 unspecified atom stereocenters. The van der Waals surface area contributed by atoms with E-state index in [0.29, 0.717) is 11.1 Å². The Morgan fingerprint density at radius 3 is 3.06 bits per heavy atom. The summed E-state index contributed by atoms with van der Waals surface area (Å²) in [6.07, 6.45) is 5.69. The quantitative estimate of drug-likeness (QED) is 0.894. The highest BCUT2D eigenvalue weighted by Crippen LogP contribution is 2.32. The third-order valence-corrected chi connectivity index (χ3v) is 3.96. The zero-order chi connectivity index (χ0) is 12.5. The van der Waals surface area contributed by atoms with Crippen molar-refractivity contribution in [3.63, 3.8) is 0 Å². The van der Waals surface area contributed by atoms with Crippen LogP contribution >= 0.6 is 11.6 Å². The molecule has 0 bridgehead atoms. The van der Waals surface area contributed by atoms with Crippen molar-refractivity contribution in [3.8, 4) is 5.75 Å². The van der Waals surface area contributed by atoms with Gasteiger partial charge in [-0.15, -0.1) is 0 Å². The van der Waals surface area contributed by atoms with Crippen molar-refractivity contribution in [2.75, 3.05) is 13.7 Å². The highest BCUT2D eigenvalue weighted by atomic mass is 35.5. The molecule has 0 aliphatic carbocycles. The van der Waals surface area contributed by atoms with Gasteiger partial charge in [0.15, 0.2) is 0 Å². The van der Waals surface area contributed by atoms with Crippen LogP contribution in [0.15, 0.2) is 18.3 Å². The fourth-order valence-electron chi connectivity index (χ4n) is 2.70. The van der Waals surface area contributed by atoms with Crippen LogP contribution in [0.1, 0.15) is 18.4 Å². The molecule has 2 heterocycles. The van der Waals surface area contributed by atoms with Crippen molar-refractivity contribution < 1.29 is 4.74 Å². The summed E-state index contributed by atoms with van der Waals surface area (Å²) in [5.41, 5.74) is 2.41. The van der Waals surface area contributed by atoms with Gasteiger partial charge in [0.2, 0.25) is 0 Å². The number of rotatable bonds is 3. The number of benzene rings is 1. The number of halogens is 1. The largest absolute Gasteiger partial charge is 0.495 e. The standard InChI is InChI=1S/C14H17ClN2O/c1-18-14-6-11-9(5-10-3-2-4-16-10)8-17-13(11)7-12(14)15/h6-8,10,16-17H,2-5H2,1H3. The summed E-state index contributed by atoms with van der Waals surface area (Å²) in [6, 6.07) is 4.56. The highest BCUT2D eigenvalue weighted by molar-refractivity contribution is 6.32. The number of methoxy groups -OCH3 is 1. The molecule has 1 aromatic heterocycles. The summed E-state index contributed by atoms with van der Waals surface area (Å²) in [5, 5.41) is 5.39. The van der Waals surface area contributed by atoms with E-state index in [1.165, 1.54) is 23.8 Å². The van der Waals surface area contributed by atoms with Crippen LogP contribution in [0.2, 0.25) is 5.02 Å². The molecular formula is C14H17ClN2O. The number of fused-ring (bicyclic) bond motifs is 1. The maximum atomic E-state index is 6.13. The van der Waals surface area contributed by atoms with Crippen LogP contribution in [0.4, 0.5) is 0 Å². The van der Waals surface area contributed by atoms with Gasteiger partial charge in [-0.25, -0.2) is 0 Å². The Labute approximate surface area is 111 Å². The lowest BCUT2D eigenvalue weighted by atomic mass is 10.0. The summed E-state index contributed by atoms with van der Waals surface area (Å²) in [6.45, 7) is 1.14. The Bertz CT molecular complexity index is 558. The summed E-state index contributed by atoms with van der Waals surface area (Å²) in [7, 11) is 1.65. The molecule has 2 N–H and O–H groups in total. The molecule has 0 spiro atoms. The van der Waals surface area contributed by atoms with Gasteiger partial charge in [-0.3, -0.25) is 0 Å². The van der Waals surface area contributed by atoms with Gasteiger partial charge in [-0.05, 0) is 43.5 Å². The van der Waals surface area contributed by atoms with Gasteiger partial charge in [-0.1, -0.05) is 11.6 Å². The second-order valence-electron chi connectivity index (χ2n) is 4.84. The van der Waals surface area contributed by atoms with Crippen molar-refractivity contribution in [1.29, 1.82) is 0 Å². The van der Waals surface area contributed by atoms with E-state index in [2.05, 4.69) is 16.5 Å². The molecule has 3 nitrogen and oxygen atoms in total. The topological polar surface area (TPSA) is 37.0 Å². The van der Waals surface area contributed by atoms with Crippen molar-refractivity contribution in [2.45, 2.75) is 25.3 Å². The predicted octanol–water partition coefficient (Wildman–Crippen LogP) is 3.12. The first kappa shape index (κ1) is 11.9. The fourth-order valence-corrected chi connectivity index (χ4v) is 2.94. The highest BCUT2D eigenvalue weighted by Gasteiger charge is 2.17. The first-order chi connectivity index (χ1) is 8.78. The average molecular weight is 265 g/mol. The number of aromatic amines is 1. The summed E-state index contributed by atoms with van der Waals surface area (Å²) in [5.74, 6) is 0.740. The van der Waals surface area contributed by atoms with Crippen LogP contribution in [0.25, 0.3) is 10.9 Å². The lowest BCUT2D eigenvalue weighted by Gasteiger charge is -2.09. The predicted molar refractivity (Wildman–Crippen MR) is 74.6 cm³/mol. The molecule has 1 fully saturated rings. The van der Waals surface area contributed by atoms with Gasteiger partial charge in [0.1, 0.15) is 5.75 Å². The summed E-state index contributed by atoms with van der Waals surface area (Å²) >= 11 is 6.13. The van der Waals surface area contributed by atoms with E-state index in [1.807, 2.05) is 12.1 Å². The zero-order valence-corrected chi connectivity index (χ0v) is 11.2. The van der Waals surface area contributed by atoms with E-state index >= 15 is 0 Å². The minimum atomic E-state index is 0.602. The third kappa shape index (κ3) is 2.08. The van der Waals surface area contributed by atoms with Gasteiger partial charge in [0.25, 0.3) is 0 Å². The lowest BCUT2D eigenvalue weighted by molar-refractivity contribution is 0.415. The second-order valence-corrected chi connectivity index (χ2v) is 5.25. The van der Waals surface area contributed by atoms with Gasteiger partial charge >= 0.3 is 0 Å². The van der Waals surface area contributed by atoms with E-state index in [9.17, 15) is 0 Å². The molecule has 1 aliphatic heterocycles. The molecule has 0 amide bonds. The molecule has 2 aromatic rings. The molecule has 4 heteroatoms. The van der Waals surface area contributed by atoms with Crippen molar-refractivity contribution >= 4 is 22.5 Å². The molecule has 0 radical (unpaired) electrons. The SMILES string of the molecule is COc1cc2c(CC3CCCN3)c[nH]c2cc1Cl. The third-order valence-electron chi connectivity index (χ3n) is 3.67. The Morgan fingerprint density at radius 2 is 2.33 bits per heavy atom. The molecule has 0 saturated carbocycles. The average Bonchev–Trinajstić information content (AvgIpc) is 2.99. The van der Waals surface area contributed by atoms with Crippen LogP contribution in [0.5, 0.6) is 5.75 Å². The number of H-pyrrole nitrogens is 1. The van der Waals surface area contributed by atoms with E-state index in [1.54, 1.807) is 7.11 Å². The Balaban J connectivity index is 1.96. The summed E-state index contributed by atoms with van der Waals surface area (Å²) < 4.78 is 5.29. The number of aromatic nitrogens is 1. The van der Waals surface area contributed by atoms with Gasteiger partial charge < -0.3 is 15.0 Å². The maximum Gasteiger partial charge on any atom is 0.138 e. The first-order valence-corrected chi connectivity index (χ1v) is 6.72. The smallest absolute Gasteiger partial charge is 0.138 e. The first-order valence-electron chi connectivity index (χ1n) is 6.35. The van der Waals surface area contributed by atoms with Crippen LogP contribution < -0.4 is 10.1 Å². The molecule has 1 aliphatic rings. The van der Waals surface area contributed by atoms with Crippen molar-refractivity contribution in [2.24, 2.45) is 0 Å². The number of ether oxygens (including phenoxy) is 1. The van der Waals surface area contributed by atoms with E-state index in [4.69, 9.17) is 16.3 Å². The van der Waals surface area contributed by atoms with Crippen LogP contribution in [-0.4, -0.2) is 24.7 Å². The maximum absolute atomic E-state index is 6.13. The Kier molecular flexibility index (Phi) is 3.18. The van der Waals surface area contributed by atoms with Crippen LogP contribution in [0, 0.1) is 0 Å². The van der Waals surface area contributed by atoms with Gasteiger partial charge in [-0.2, -0.15) is 0 Å². The fraction of sp³-hybridized carbons (Fsp3) is 0.429. The molecule has 1 aromatic carbocycles. The summed E-state index contributed by atoms with van der Waals surface area (Å²) in [4.78, 5) is 3.29. The van der Waals surface area contributed by atoms with E-state index in [-0.39, 0.29) is 0 Å². The molecule has 96 valence electrons. The number of hydrogen-bond acceptors (Lipinski definition) is 2. The molecule has 1 saturated heterocycles. The van der Waals surface area contributed by atoms with Crippen molar-refractivity contribution in [3.05, 3.63) is 28.9 Å². The minimum absolute atomic E-state index is 0.602. The molecular weight excluding hydrogens is 248 g/mol. The zero-order valence-electron chi connectivity index (χ0n) is 10.4. The normalized spacial score (nSPS) is 19.6. The van der Waals surface area contributed by atoms with Gasteiger partial charge in [0.05, 0.1) is 12.1 Å². The lowest BCUT2D eigenvalue weighted by Crippen LogP contribution is -2.23. The molecule has 3 rings (SSSR count). The van der Waals surface area contributed by atoms with E-state index in [0.717, 1.165) is 24.2 Å². The number of nitrogens with one attached hydrogen (secondary N) is 2. The molecule has 18 heavy (non-hydrogen) atoms. The van der Waals surface area contributed by atoms with Crippen LogP contribution in [0.3, 0.4) is 0 Å². The number of hydrogen-bond donors (Lipinski definition) is 2. The Morgan fingerprint density at radius 1 is 1.44 bits per heavy atom. The van der Waals surface area contributed by atoms with Crippen LogP contribution in [-0.2, 0) is 6.42 Å². The molecule has 1 atom stereocenters. The van der Waals surface area contributed by atoms with Crippen molar-refractivity contribution in [1.82, 2.24) is 10.3 Å². The Hall–Kier alpha value is -1.19. The minimum Gasteiger partial charge on any atom is -0.495 e. The van der Waals surface area contributed by atoms with Gasteiger partial charge in [0, 0.05) is 23.1 Å². The van der Waals surface area contributed by atoms with E-state index < -0.39 is 0 Å². The monoisotopic (exact) mass is 264 g/mol. The second kappa shape index (κ2) is 4.82.